The maximum Gasteiger partial charge on any atom is 0.506 e. The van der Waals surface area contributed by atoms with Gasteiger partial charge in [0, 0.05) is 0 Å². The molecule has 82 valence electrons. The summed E-state index contributed by atoms with van der Waals surface area (Å²) in [6, 6.07) is 0. The zero-order chi connectivity index (χ0) is 11.0. The number of carboxylic acid groups (broad SMARTS) is 1. The van der Waals surface area contributed by atoms with Gasteiger partial charge in [-0.3, -0.25) is 0 Å². The van der Waals surface area contributed by atoms with Crippen molar-refractivity contribution in [3.05, 3.63) is 0 Å². The quantitative estimate of drug-likeness (QED) is 0.661. The van der Waals surface area contributed by atoms with Crippen LogP contribution in [-0.4, -0.2) is 16.9 Å². The smallest absolute Gasteiger partial charge is 0.450 e. The summed E-state index contributed by atoms with van der Waals surface area (Å²) in [6.07, 6.45) is 1.64. The Morgan fingerprint density at radius 2 is 1.93 bits per heavy atom. The van der Waals surface area contributed by atoms with Crippen LogP contribution >= 0.6 is 0 Å². The second-order valence-corrected chi connectivity index (χ2v) is 5.67. The highest BCUT2D eigenvalue weighted by Crippen LogP contribution is 2.45. The first-order chi connectivity index (χ1) is 6.22. The minimum Gasteiger partial charge on any atom is -0.450 e. The molecule has 2 atom stereocenters. The Balaban J connectivity index is 2.73. The van der Waals surface area contributed by atoms with Gasteiger partial charge in [0.15, 0.2) is 0 Å². The Bertz CT molecular complexity index is 235. The molecule has 1 aliphatic carbocycles. The molecule has 3 heteroatoms. The van der Waals surface area contributed by atoms with E-state index in [1.165, 1.54) is 0 Å². The molecule has 0 bridgehead atoms. The first-order valence-electron chi connectivity index (χ1n) is 5.14. The van der Waals surface area contributed by atoms with Gasteiger partial charge in [-0.05, 0) is 37.5 Å². The van der Waals surface area contributed by atoms with Crippen molar-refractivity contribution in [3.8, 4) is 0 Å². The van der Waals surface area contributed by atoms with E-state index >= 15 is 0 Å². The summed E-state index contributed by atoms with van der Waals surface area (Å²) in [5, 5.41) is 8.67. The Morgan fingerprint density at radius 1 is 1.36 bits per heavy atom. The van der Waals surface area contributed by atoms with E-state index in [4.69, 9.17) is 9.84 Å². The lowest BCUT2D eigenvalue weighted by atomic mass is 9.66. The van der Waals surface area contributed by atoms with Gasteiger partial charge in [0.05, 0.1) is 0 Å². The van der Waals surface area contributed by atoms with Crippen LogP contribution in [0.15, 0.2) is 0 Å². The molecule has 1 fully saturated rings. The maximum atomic E-state index is 10.6. The molecule has 1 saturated carbocycles. The Morgan fingerprint density at radius 3 is 2.36 bits per heavy atom. The number of hydrogen-bond acceptors (Lipinski definition) is 2. The van der Waals surface area contributed by atoms with Crippen LogP contribution in [0.1, 0.15) is 47.0 Å². The summed E-state index contributed by atoms with van der Waals surface area (Å²) in [6.45, 7) is 8.40. The van der Waals surface area contributed by atoms with Crippen LogP contribution in [0, 0.1) is 11.3 Å². The lowest BCUT2D eigenvalue weighted by Crippen LogP contribution is -2.43. The third-order valence-electron chi connectivity index (χ3n) is 2.87. The Labute approximate surface area is 85.5 Å². The molecular formula is C11H20O3. The third-order valence-corrected chi connectivity index (χ3v) is 2.87. The second kappa shape index (κ2) is 3.44. The van der Waals surface area contributed by atoms with Crippen molar-refractivity contribution in [3.63, 3.8) is 0 Å². The fraction of sp³-hybridized carbons (Fsp3) is 0.909. The van der Waals surface area contributed by atoms with Gasteiger partial charge in [0.2, 0.25) is 0 Å². The van der Waals surface area contributed by atoms with Crippen LogP contribution < -0.4 is 0 Å². The van der Waals surface area contributed by atoms with E-state index < -0.39 is 11.8 Å². The van der Waals surface area contributed by atoms with Crippen molar-refractivity contribution >= 4 is 6.16 Å². The fourth-order valence-electron chi connectivity index (χ4n) is 3.20. The molecule has 0 amide bonds. The third kappa shape index (κ3) is 2.89. The second-order valence-electron chi connectivity index (χ2n) is 5.67. The lowest BCUT2D eigenvalue weighted by molar-refractivity contribution is -0.0715. The first kappa shape index (κ1) is 11.3. The summed E-state index contributed by atoms with van der Waals surface area (Å²) >= 11 is 0. The van der Waals surface area contributed by atoms with Crippen LogP contribution in [0.3, 0.4) is 0 Å². The van der Waals surface area contributed by atoms with E-state index in [-0.39, 0.29) is 5.41 Å². The number of hydrogen-bond donors (Lipinski definition) is 1. The van der Waals surface area contributed by atoms with Crippen molar-refractivity contribution in [1.29, 1.82) is 0 Å². The molecule has 2 unspecified atom stereocenters. The average molecular weight is 200 g/mol. The standard InChI is InChI=1S/C11H20O3/c1-8-5-10(2,3)7-11(4,6-8)14-9(12)13/h8H,5-7H2,1-4H3,(H,12,13). The van der Waals surface area contributed by atoms with Crippen molar-refractivity contribution in [1.82, 2.24) is 0 Å². The van der Waals surface area contributed by atoms with Crippen molar-refractivity contribution in [2.75, 3.05) is 0 Å². The molecule has 0 spiro atoms. The SMILES string of the molecule is CC1CC(C)(C)CC(C)(OC(=O)O)C1. The van der Waals surface area contributed by atoms with Crippen molar-refractivity contribution < 1.29 is 14.6 Å². The summed E-state index contributed by atoms with van der Waals surface area (Å²) in [4.78, 5) is 10.6. The van der Waals surface area contributed by atoms with E-state index in [1.807, 2.05) is 6.92 Å². The highest BCUT2D eigenvalue weighted by Gasteiger charge is 2.42. The zero-order valence-corrected chi connectivity index (χ0v) is 9.46. The summed E-state index contributed by atoms with van der Waals surface area (Å²) < 4.78 is 5.00. The van der Waals surface area contributed by atoms with Crippen LogP contribution in [0.2, 0.25) is 0 Å². The van der Waals surface area contributed by atoms with E-state index in [9.17, 15) is 4.79 Å². The molecule has 0 heterocycles. The largest absolute Gasteiger partial charge is 0.506 e. The van der Waals surface area contributed by atoms with Gasteiger partial charge in [0.25, 0.3) is 0 Å². The molecule has 0 aromatic heterocycles. The molecule has 3 nitrogen and oxygen atoms in total. The van der Waals surface area contributed by atoms with Crippen LogP contribution in [0.5, 0.6) is 0 Å². The van der Waals surface area contributed by atoms with Crippen LogP contribution in [-0.2, 0) is 4.74 Å². The summed E-state index contributed by atoms with van der Waals surface area (Å²) in [7, 11) is 0. The Kier molecular flexibility index (Phi) is 2.79. The number of carbonyl (C=O) groups is 1. The zero-order valence-electron chi connectivity index (χ0n) is 9.46. The van der Waals surface area contributed by atoms with Gasteiger partial charge in [-0.1, -0.05) is 20.8 Å². The average Bonchev–Trinajstić information content (AvgIpc) is 1.74. The lowest BCUT2D eigenvalue weighted by Gasteiger charge is -2.44. The molecular weight excluding hydrogens is 180 g/mol. The van der Waals surface area contributed by atoms with Gasteiger partial charge in [0.1, 0.15) is 5.60 Å². The van der Waals surface area contributed by atoms with E-state index in [2.05, 4.69) is 20.8 Å². The number of ether oxygens (including phenoxy) is 1. The highest BCUT2D eigenvalue weighted by molar-refractivity contribution is 5.57. The minimum atomic E-state index is -1.16. The van der Waals surface area contributed by atoms with Crippen molar-refractivity contribution in [2.45, 2.75) is 52.6 Å². The van der Waals surface area contributed by atoms with Gasteiger partial charge in [-0.25, -0.2) is 4.79 Å². The highest BCUT2D eigenvalue weighted by atomic mass is 16.7. The molecule has 14 heavy (non-hydrogen) atoms. The summed E-state index contributed by atoms with van der Waals surface area (Å²) in [5.41, 5.74) is -0.311. The molecule has 0 aromatic carbocycles. The van der Waals surface area contributed by atoms with Gasteiger partial charge < -0.3 is 9.84 Å². The summed E-state index contributed by atoms with van der Waals surface area (Å²) in [5.74, 6) is 0.531. The fourth-order valence-corrected chi connectivity index (χ4v) is 3.20. The van der Waals surface area contributed by atoms with Crippen molar-refractivity contribution in [2.24, 2.45) is 11.3 Å². The predicted octanol–water partition coefficient (Wildman–Crippen LogP) is 3.29. The topological polar surface area (TPSA) is 46.5 Å². The number of rotatable bonds is 1. The first-order valence-corrected chi connectivity index (χ1v) is 5.14. The maximum absolute atomic E-state index is 10.6. The van der Waals surface area contributed by atoms with E-state index in [0.29, 0.717) is 5.92 Å². The molecule has 0 radical (unpaired) electrons. The predicted molar refractivity (Wildman–Crippen MR) is 54.3 cm³/mol. The molecule has 0 aliphatic heterocycles. The normalized spacial score (nSPS) is 36.4. The van der Waals surface area contributed by atoms with Gasteiger partial charge in [-0.15, -0.1) is 0 Å². The van der Waals surface area contributed by atoms with Gasteiger partial charge >= 0.3 is 6.16 Å². The minimum absolute atomic E-state index is 0.182. The van der Waals surface area contributed by atoms with E-state index in [0.717, 1.165) is 19.3 Å². The Hall–Kier alpha value is -0.730. The molecule has 1 rings (SSSR count). The van der Waals surface area contributed by atoms with Crippen LogP contribution in [0.25, 0.3) is 0 Å². The molecule has 0 aromatic rings. The molecule has 1 N–H and O–H groups in total. The van der Waals surface area contributed by atoms with Gasteiger partial charge in [-0.2, -0.15) is 0 Å². The monoisotopic (exact) mass is 200 g/mol. The molecule has 0 saturated heterocycles. The van der Waals surface area contributed by atoms with Crippen LogP contribution in [0.4, 0.5) is 4.79 Å². The molecule has 1 aliphatic rings. The van der Waals surface area contributed by atoms with E-state index in [1.54, 1.807) is 0 Å².